The van der Waals surface area contributed by atoms with Gasteiger partial charge >= 0.3 is 0 Å². The molecule has 2 aromatic rings. The molecule has 0 atom stereocenters. The number of piperidine rings is 1. The van der Waals surface area contributed by atoms with E-state index in [4.69, 9.17) is 4.74 Å². The van der Waals surface area contributed by atoms with E-state index in [1.165, 1.54) is 74.7 Å². The van der Waals surface area contributed by atoms with Crippen molar-refractivity contribution in [1.82, 2.24) is 4.90 Å². The van der Waals surface area contributed by atoms with E-state index < -0.39 is 5.41 Å². The van der Waals surface area contributed by atoms with Gasteiger partial charge in [0.05, 0.1) is 18.6 Å². The zero-order chi connectivity index (χ0) is 21.8. The van der Waals surface area contributed by atoms with Gasteiger partial charge in [-0.2, -0.15) is 5.26 Å². The molecule has 1 saturated carbocycles. The fourth-order valence-electron chi connectivity index (χ4n) is 5.40. The SMILES string of the molecule is COc1ccc(-c2ccc(C(C)(C)C#N)cc2)cc1C1CCN(C2CCCCC2)CC1. The molecule has 1 heterocycles. The first-order chi connectivity index (χ1) is 15.0. The van der Waals surface area contributed by atoms with E-state index in [1.807, 2.05) is 13.8 Å². The molecule has 3 nitrogen and oxygen atoms in total. The Morgan fingerprint density at radius 3 is 2.16 bits per heavy atom. The van der Waals surface area contributed by atoms with Crippen molar-refractivity contribution in [3.05, 3.63) is 53.6 Å². The zero-order valence-corrected chi connectivity index (χ0v) is 19.4. The highest BCUT2D eigenvalue weighted by Gasteiger charge is 2.28. The van der Waals surface area contributed by atoms with Crippen LogP contribution in [-0.4, -0.2) is 31.1 Å². The molecule has 1 aliphatic heterocycles. The number of hydrogen-bond acceptors (Lipinski definition) is 3. The monoisotopic (exact) mass is 416 g/mol. The van der Waals surface area contributed by atoms with E-state index in [0.29, 0.717) is 5.92 Å². The summed E-state index contributed by atoms with van der Waals surface area (Å²) in [5.74, 6) is 1.58. The number of rotatable bonds is 5. The predicted octanol–water partition coefficient (Wildman–Crippen LogP) is 6.68. The van der Waals surface area contributed by atoms with Crippen LogP contribution in [0.2, 0.25) is 0 Å². The van der Waals surface area contributed by atoms with Gasteiger partial charge in [0.2, 0.25) is 0 Å². The Labute approximate surface area is 188 Å². The highest BCUT2D eigenvalue weighted by molar-refractivity contribution is 5.66. The predicted molar refractivity (Wildman–Crippen MR) is 127 cm³/mol. The number of nitrogens with zero attached hydrogens (tertiary/aromatic N) is 2. The van der Waals surface area contributed by atoms with E-state index in [-0.39, 0.29) is 0 Å². The fourth-order valence-corrected chi connectivity index (χ4v) is 5.40. The van der Waals surface area contributed by atoms with Crippen LogP contribution in [0.5, 0.6) is 5.75 Å². The van der Waals surface area contributed by atoms with Gasteiger partial charge < -0.3 is 9.64 Å². The molecule has 0 bridgehead atoms. The van der Waals surface area contributed by atoms with E-state index in [2.05, 4.69) is 53.4 Å². The van der Waals surface area contributed by atoms with Crippen molar-refractivity contribution in [1.29, 1.82) is 5.26 Å². The molecule has 1 saturated heterocycles. The van der Waals surface area contributed by atoms with Crippen LogP contribution < -0.4 is 4.74 Å². The Morgan fingerprint density at radius 2 is 1.55 bits per heavy atom. The van der Waals surface area contributed by atoms with Gasteiger partial charge in [0.15, 0.2) is 0 Å². The van der Waals surface area contributed by atoms with Crippen LogP contribution in [-0.2, 0) is 5.41 Å². The molecule has 0 aromatic heterocycles. The lowest BCUT2D eigenvalue weighted by molar-refractivity contribution is 0.121. The largest absolute Gasteiger partial charge is 0.496 e. The maximum Gasteiger partial charge on any atom is 0.122 e. The summed E-state index contributed by atoms with van der Waals surface area (Å²) >= 11 is 0. The van der Waals surface area contributed by atoms with Crippen molar-refractivity contribution < 1.29 is 4.74 Å². The molecule has 2 aliphatic rings. The summed E-state index contributed by atoms with van der Waals surface area (Å²) < 4.78 is 5.76. The van der Waals surface area contributed by atoms with E-state index in [9.17, 15) is 5.26 Å². The van der Waals surface area contributed by atoms with Gasteiger partial charge in [0.25, 0.3) is 0 Å². The third-order valence-electron chi connectivity index (χ3n) is 7.51. The maximum absolute atomic E-state index is 9.41. The number of benzene rings is 2. The summed E-state index contributed by atoms with van der Waals surface area (Å²) in [4.78, 5) is 2.75. The van der Waals surface area contributed by atoms with Gasteiger partial charge in [0, 0.05) is 6.04 Å². The third kappa shape index (κ3) is 4.80. The molecule has 2 fully saturated rings. The van der Waals surface area contributed by atoms with Gasteiger partial charge in [-0.3, -0.25) is 0 Å². The topological polar surface area (TPSA) is 36.3 Å². The first kappa shape index (κ1) is 21.9. The van der Waals surface area contributed by atoms with E-state index >= 15 is 0 Å². The molecule has 4 rings (SSSR count). The van der Waals surface area contributed by atoms with E-state index in [1.54, 1.807) is 7.11 Å². The maximum atomic E-state index is 9.41. The summed E-state index contributed by atoms with van der Waals surface area (Å²) in [6, 6.07) is 18.3. The number of nitriles is 1. The Kier molecular flexibility index (Phi) is 6.68. The summed E-state index contributed by atoms with van der Waals surface area (Å²) in [6.45, 7) is 6.35. The standard InChI is InChI=1S/C28H36N2O/c1-28(2,20-29)24-12-9-21(10-13-24)23-11-14-27(31-3)26(19-23)22-15-17-30(18-16-22)25-7-5-4-6-8-25/h9-14,19,22,25H,4-8,15-18H2,1-3H3. The lowest BCUT2D eigenvalue weighted by Gasteiger charge is -2.39. The van der Waals surface area contributed by atoms with Crippen molar-refractivity contribution in [2.75, 3.05) is 20.2 Å². The fraction of sp³-hybridized carbons (Fsp3) is 0.536. The molecule has 0 unspecified atom stereocenters. The minimum absolute atomic E-state index is 0.462. The molecule has 0 spiro atoms. The molecule has 2 aromatic carbocycles. The first-order valence-electron chi connectivity index (χ1n) is 12.0. The lowest BCUT2D eigenvalue weighted by atomic mass is 9.84. The number of likely N-dealkylation sites (tertiary alicyclic amines) is 1. The minimum atomic E-state index is -0.462. The summed E-state index contributed by atoms with van der Waals surface area (Å²) in [5.41, 5.74) is 4.37. The van der Waals surface area contributed by atoms with Gasteiger partial charge in [-0.1, -0.05) is 49.6 Å². The molecule has 0 N–H and O–H groups in total. The van der Waals surface area contributed by atoms with Crippen LogP contribution >= 0.6 is 0 Å². The molecule has 164 valence electrons. The molecule has 1 aliphatic carbocycles. The smallest absolute Gasteiger partial charge is 0.122 e. The molecule has 0 amide bonds. The van der Waals surface area contributed by atoms with Crippen LogP contribution in [0.25, 0.3) is 11.1 Å². The van der Waals surface area contributed by atoms with Crippen LogP contribution in [0.1, 0.15) is 75.8 Å². The molecule has 0 radical (unpaired) electrons. The molecular formula is C28H36N2O. The Hall–Kier alpha value is -2.31. The molecular weight excluding hydrogens is 380 g/mol. The Bertz CT molecular complexity index is 911. The quantitative estimate of drug-likeness (QED) is 0.546. The van der Waals surface area contributed by atoms with Crippen molar-refractivity contribution in [2.45, 2.75) is 76.2 Å². The number of hydrogen-bond donors (Lipinski definition) is 0. The molecule has 3 heteroatoms. The lowest BCUT2D eigenvalue weighted by Crippen LogP contribution is -2.41. The van der Waals surface area contributed by atoms with Crippen LogP contribution in [0.4, 0.5) is 0 Å². The minimum Gasteiger partial charge on any atom is -0.496 e. The van der Waals surface area contributed by atoms with E-state index in [0.717, 1.165) is 17.4 Å². The second-order valence-corrected chi connectivity index (χ2v) is 9.87. The van der Waals surface area contributed by atoms with Crippen molar-refractivity contribution in [2.24, 2.45) is 0 Å². The van der Waals surface area contributed by atoms with Gasteiger partial charge in [-0.15, -0.1) is 0 Å². The summed E-state index contributed by atoms with van der Waals surface area (Å²) in [7, 11) is 1.79. The van der Waals surface area contributed by atoms with Crippen LogP contribution in [0.3, 0.4) is 0 Å². The highest BCUT2D eigenvalue weighted by Crippen LogP contribution is 2.38. The van der Waals surface area contributed by atoms with Crippen LogP contribution in [0, 0.1) is 11.3 Å². The van der Waals surface area contributed by atoms with Gasteiger partial charge in [0.1, 0.15) is 5.75 Å². The summed E-state index contributed by atoms with van der Waals surface area (Å²) in [5, 5.41) is 9.41. The Balaban J connectivity index is 1.51. The zero-order valence-electron chi connectivity index (χ0n) is 19.4. The van der Waals surface area contributed by atoms with Crippen molar-refractivity contribution >= 4 is 0 Å². The third-order valence-corrected chi connectivity index (χ3v) is 7.51. The van der Waals surface area contributed by atoms with Gasteiger partial charge in [-0.05, 0) is 92.9 Å². The average molecular weight is 417 g/mol. The van der Waals surface area contributed by atoms with Gasteiger partial charge in [-0.25, -0.2) is 0 Å². The highest BCUT2D eigenvalue weighted by atomic mass is 16.5. The Morgan fingerprint density at radius 1 is 0.903 bits per heavy atom. The second kappa shape index (κ2) is 9.45. The van der Waals surface area contributed by atoms with Crippen molar-refractivity contribution in [3.63, 3.8) is 0 Å². The summed E-state index contributed by atoms with van der Waals surface area (Å²) in [6.07, 6.45) is 9.45. The number of ether oxygens (including phenoxy) is 1. The average Bonchev–Trinajstić information content (AvgIpc) is 2.84. The number of methoxy groups -OCH3 is 1. The van der Waals surface area contributed by atoms with Crippen LogP contribution in [0.15, 0.2) is 42.5 Å². The van der Waals surface area contributed by atoms with Crippen molar-refractivity contribution in [3.8, 4) is 22.9 Å². The first-order valence-corrected chi connectivity index (χ1v) is 12.0. The normalized spacial score (nSPS) is 19.2. The second-order valence-electron chi connectivity index (χ2n) is 9.87. The molecule has 31 heavy (non-hydrogen) atoms.